The van der Waals surface area contributed by atoms with E-state index in [4.69, 9.17) is 4.74 Å². The van der Waals surface area contributed by atoms with Gasteiger partial charge in [-0.2, -0.15) is 0 Å². The van der Waals surface area contributed by atoms with Crippen LogP contribution in [0.2, 0.25) is 0 Å². The summed E-state index contributed by atoms with van der Waals surface area (Å²) in [7, 11) is 0. The number of carbonyl (C=O) groups excluding carboxylic acids is 1. The van der Waals surface area contributed by atoms with Crippen LogP contribution in [0.5, 0.6) is 0 Å². The van der Waals surface area contributed by atoms with Crippen LogP contribution in [0.25, 0.3) is 0 Å². The molecule has 0 aromatic rings. The summed E-state index contributed by atoms with van der Waals surface area (Å²) in [4.78, 5) is 11.4. The number of aliphatic hydroxyl groups excluding tert-OH is 4. The Bertz CT molecular complexity index is 458. The van der Waals surface area contributed by atoms with Gasteiger partial charge in [0.05, 0.1) is 30.8 Å². The van der Waals surface area contributed by atoms with Crippen LogP contribution >= 0.6 is 0 Å². The molecule has 1 fully saturated rings. The SMILES string of the molecule is CCCCCCCCCCCCCCC[C@H](O)C[C@H](O)C[C@@H](O)C[C@@H]1C[C@@H](O)CC(=O)O1. The number of hydrogen-bond donors (Lipinski definition) is 4. The Hall–Kier alpha value is -0.690. The Morgan fingerprint density at radius 1 is 0.781 bits per heavy atom. The smallest absolute Gasteiger partial charge is 0.308 e. The molecule has 0 spiro atoms. The zero-order valence-corrected chi connectivity index (χ0v) is 20.4. The summed E-state index contributed by atoms with van der Waals surface area (Å²) >= 11 is 0. The van der Waals surface area contributed by atoms with Gasteiger partial charge in [-0.25, -0.2) is 0 Å². The lowest BCUT2D eigenvalue weighted by Crippen LogP contribution is -2.35. The van der Waals surface area contributed by atoms with Crippen molar-refractivity contribution in [2.75, 3.05) is 0 Å². The van der Waals surface area contributed by atoms with Crippen molar-refractivity contribution in [2.45, 2.75) is 159 Å². The molecule has 0 aromatic carbocycles. The van der Waals surface area contributed by atoms with Gasteiger partial charge in [0.1, 0.15) is 6.10 Å². The predicted molar refractivity (Wildman–Crippen MR) is 127 cm³/mol. The fourth-order valence-corrected chi connectivity index (χ4v) is 4.65. The summed E-state index contributed by atoms with van der Waals surface area (Å²) < 4.78 is 5.13. The highest BCUT2D eigenvalue weighted by Crippen LogP contribution is 2.21. The predicted octanol–water partition coefficient (Wildman–Crippen LogP) is 4.79. The van der Waals surface area contributed by atoms with Gasteiger partial charge in [-0.3, -0.25) is 4.79 Å². The molecule has 1 saturated heterocycles. The number of aliphatic hydroxyl groups is 4. The van der Waals surface area contributed by atoms with Crippen molar-refractivity contribution < 1.29 is 30.0 Å². The van der Waals surface area contributed by atoms with E-state index in [0.717, 1.165) is 12.8 Å². The first kappa shape index (κ1) is 29.3. The maximum Gasteiger partial charge on any atom is 0.308 e. The lowest BCUT2D eigenvalue weighted by atomic mass is 9.96. The van der Waals surface area contributed by atoms with Gasteiger partial charge in [-0.05, 0) is 19.3 Å². The van der Waals surface area contributed by atoms with Gasteiger partial charge >= 0.3 is 5.97 Å². The number of unbranched alkanes of at least 4 members (excludes halogenated alkanes) is 12. The average molecular weight is 459 g/mol. The topological polar surface area (TPSA) is 107 Å². The van der Waals surface area contributed by atoms with Crippen molar-refractivity contribution in [2.24, 2.45) is 0 Å². The molecule has 1 rings (SSSR count). The fourth-order valence-electron chi connectivity index (χ4n) is 4.65. The third kappa shape index (κ3) is 16.0. The highest BCUT2D eigenvalue weighted by Gasteiger charge is 2.29. The number of rotatable bonds is 20. The molecule has 6 heteroatoms. The third-order valence-corrected chi connectivity index (χ3v) is 6.50. The van der Waals surface area contributed by atoms with E-state index in [2.05, 4.69) is 6.92 Å². The number of esters is 1. The molecular weight excluding hydrogens is 408 g/mol. The Labute approximate surface area is 195 Å². The minimum absolute atomic E-state index is 0.000601. The third-order valence-electron chi connectivity index (χ3n) is 6.50. The Morgan fingerprint density at radius 3 is 1.81 bits per heavy atom. The van der Waals surface area contributed by atoms with E-state index >= 15 is 0 Å². The van der Waals surface area contributed by atoms with Crippen molar-refractivity contribution >= 4 is 5.97 Å². The molecule has 190 valence electrons. The highest BCUT2D eigenvalue weighted by molar-refractivity contribution is 5.70. The molecule has 0 aliphatic carbocycles. The first-order chi connectivity index (χ1) is 15.4. The second-order valence-electron chi connectivity index (χ2n) is 9.91. The number of hydrogen-bond acceptors (Lipinski definition) is 6. The van der Waals surface area contributed by atoms with Crippen LogP contribution in [0, 0.1) is 0 Å². The van der Waals surface area contributed by atoms with E-state index in [0.29, 0.717) is 12.8 Å². The van der Waals surface area contributed by atoms with Crippen molar-refractivity contribution in [3.63, 3.8) is 0 Å². The number of cyclic esters (lactones) is 1. The van der Waals surface area contributed by atoms with Crippen molar-refractivity contribution in [3.8, 4) is 0 Å². The van der Waals surface area contributed by atoms with E-state index in [9.17, 15) is 25.2 Å². The molecule has 1 heterocycles. The largest absolute Gasteiger partial charge is 0.462 e. The summed E-state index contributed by atoms with van der Waals surface area (Å²) in [5, 5.41) is 40.1. The summed E-state index contributed by atoms with van der Waals surface area (Å²) in [6, 6.07) is 0. The van der Waals surface area contributed by atoms with Gasteiger partial charge < -0.3 is 25.2 Å². The van der Waals surface area contributed by atoms with E-state index < -0.39 is 36.5 Å². The van der Waals surface area contributed by atoms with Gasteiger partial charge in [-0.15, -0.1) is 0 Å². The monoisotopic (exact) mass is 458 g/mol. The maximum absolute atomic E-state index is 11.4. The molecule has 0 unspecified atom stereocenters. The molecule has 6 nitrogen and oxygen atoms in total. The van der Waals surface area contributed by atoms with E-state index in [1.807, 2.05) is 0 Å². The van der Waals surface area contributed by atoms with Crippen molar-refractivity contribution in [3.05, 3.63) is 0 Å². The van der Waals surface area contributed by atoms with Gasteiger partial charge in [-0.1, -0.05) is 90.4 Å². The van der Waals surface area contributed by atoms with Crippen LogP contribution < -0.4 is 0 Å². The molecule has 0 amide bonds. The molecule has 0 saturated carbocycles. The molecule has 0 aromatic heterocycles. The Balaban J connectivity index is 1.94. The van der Waals surface area contributed by atoms with E-state index in [1.54, 1.807) is 0 Å². The first-order valence-corrected chi connectivity index (χ1v) is 13.3. The molecule has 1 aliphatic heterocycles. The van der Waals surface area contributed by atoms with Gasteiger partial charge in [0.15, 0.2) is 0 Å². The summed E-state index contributed by atoms with van der Waals surface area (Å²) in [5.74, 6) is -0.449. The van der Waals surface area contributed by atoms with Crippen LogP contribution in [0.4, 0.5) is 0 Å². The van der Waals surface area contributed by atoms with Crippen LogP contribution in [-0.4, -0.2) is 56.9 Å². The first-order valence-electron chi connectivity index (χ1n) is 13.3. The maximum atomic E-state index is 11.4. The van der Waals surface area contributed by atoms with E-state index in [1.165, 1.54) is 70.6 Å². The molecule has 0 bridgehead atoms. The quantitative estimate of drug-likeness (QED) is 0.154. The van der Waals surface area contributed by atoms with Crippen molar-refractivity contribution in [1.82, 2.24) is 0 Å². The fraction of sp³-hybridized carbons (Fsp3) is 0.962. The minimum Gasteiger partial charge on any atom is -0.462 e. The minimum atomic E-state index is -0.823. The summed E-state index contributed by atoms with van der Waals surface area (Å²) in [6.45, 7) is 2.25. The average Bonchev–Trinajstić information content (AvgIpc) is 2.70. The van der Waals surface area contributed by atoms with Gasteiger partial charge in [0, 0.05) is 12.8 Å². The molecule has 0 radical (unpaired) electrons. The second kappa shape index (κ2) is 18.7. The molecule has 5 atom stereocenters. The normalized spacial score (nSPS) is 21.8. The number of carbonyl (C=O) groups is 1. The standard InChI is InChI=1S/C26H50O6/c1-2-3-4-5-6-7-8-9-10-11-12-13-14-15-21(27)16-22(28)17-23(29)18-25-19-24(30)20-26(31)32-25/h21-25,27-30H,2-20H2,1H3/t21-,22-,23+,24+,25+/m0/s1. The summed E-state index contributed by atoms with van der Waals surface area (Å²) in [6.07, 6.45) is 15.0. The van der Waals surface area contributed by atoms with Gasteiger partial charge in [0.2, 0.25) is 0 Å². The lowest BCUT2D eigenvalue weighted by Gasteiger charge is -2.28. The zero-order valence-electron chi connectivity index (χ0n) is 20.4. The molecule has 1 aliphatic rings. The number of ether oxygens (including phenoxy) is 1. The second-order valence-corrected chi connectivity index (χ2v) is 9.91. The van der Waals surface area contributed by atoms with Crippen LogP contribution in [-0.2, 0) is 9.53 Å². The molecule has 32 heavy (non-hydrogen) atoms. The lowest BCUT2D eigenvalue weighted by molar-refractivity contribution is -0.162. The molecule has 4 N–H and O–H groups in total. The zero-order chi connectivity index (χ0) is 23.6. The molecular formula is C26H50O6. The Kier molecular flexibility index (Phi) is 17.2. The van der Waals surface area contributed by atoms with Gasteiger partial charge in [0.25, 0.3) is 0 Å². The van der Waals surface area contributed by atoms with Crippen molar-refractivity contribution in [1.29, 1.82) is 0 Å². The van der Waals surface area contributed by atoms with Crippen LogP contribution in [0.15, 0.2) is 0 Å². The van der Waals surface area contributed by atoms with Crippen LogP contribution in [0.3, 0.4) is 0 Å². The van der Waals surface area contributed by atoms with E-state index in [-0.39, 0.29) is 25.7 Å². The summed E-state index contributed by atoms with van der Waals surface area (Å²) in [5.41, 5.74) is 0. The Morgan fingerprint density at radius 2 is 1.28 bits per heavy atom. The highest BCUT2D eigenvalue weighted by atomic mass is 16.5. The van der Waals surface area contributed by atoms with Crippen LogP contribution in [0.1, 0.15) is 129 Å².